The van der Waals surface area contributed by atoms with Crippen molar-refractivity contribution < 1.29 is 0 Å². The van der Waals surface area contributed by atoms with Gasteiger partial charge in [0, 0.05) is 12.6 Å². The van der Waals surface area contributed by atoms with Gasteiger partial charge < -0.3 is 5.32 Å². The van der Waals surface area contributed by atoms with Crippen molar-refractivity contribution in [1.82, 2.24) is 10.2 Å². The molecule has 0 radical (unpaired) electrons. The van der Waals surface area contributed by atoms with Crippen LogP contribution in [0, 0.1) is 5.92 Å². The van der Waals surface area contributed by atoms with Crippen LogP contribution < -0.4 is 10.9 Å². The van der Waals surface area contributed by atoms with Gasteiger partial charge in [-0.15, -0.1) is 0 Å². The summed E-state index contributed by atoms with van der Waals surface area (Å²) in [5.74, 6) is 1.51. The molecular formula is C9H17N3O. The highest BCUT2D eigenvalue weighted by atomic mass is 16.1. The standard InChI is InChI=1S/C9H17N3O/c1-7(2)4-3-5-10-8-6-9(13)12-11-8/h6-7H,3-5H2,1-2H3,(H3,10,11,12,13). The summed E-state index contributed by atoms with van der Waals surface area (Å²) in [6.45, 7) is 5.32. The van der Waals surface area contributed by atoms with Gasteiger partial charge >= 0.3 is 0 Å². The van der Waals surface area contributed by atoms with E-state index in [0.717, 1.165) is 24.7 Å². The van der Waals surface area contributed by atoms with Crippen molar-refractivity contribution >= 4 is 5.82 Å². The molecule has 0 unspecified atom stereocenters. The van der Waals surface area contributed by atoms with Gasteiger partial charge in [-0.05, 0) is 18.8 Å². The minimum atomic E-state index is -0.0913. The summed E-state index contributed by atoms with van der Waals surface area (Å²) < 4.78 is 0. The number of hydrogen-bond acceptors (Lipinski definition) is 2. The van der Waals surface area contributed by atoms with Gasteiger partial charge in [0.05, 0.1) is 0 Å². The van der Waals surface area contributed by atoms with Gasteiger partial charge in [-0.2, -0.15) is 0 Å². The minimum absolute atomic E-state index is 0.0913. The molecule has 0 atom stereocenters. The first-order chi connectivity index (χ1) is 6.18. The Morgan fingerprint density at radius 1 is 1.46 bits per heavy atom. The van der Waals surface area contributed by atoms with Crippen LogP contribution in [0.15, 0.2) is 10.9 Å². The third-order valence-corrected chi connectivity index (χ3v) is 1.87. The lowest BCUT2D eigenvalue weighted by molar-refractivity contribution is 0.566. The number of hydrogen-bond donors (Lipinski definition) is 3. The molecule has 0 aromatic carbocycles. The molecule has 0 spiro atoms. The quantitative estimate of drug-likeness (QED) is 0.606. The van der Waals surface area contributed by atoms with E-state index in [0.29, 0.717) is 0 Å². The summed E-state index contributed by atoms with van der Waals surface area (Å²) in [6, 6.07) is 1.52. The molecule has 0 aliphatic carbocycles. The summed E-state index contributed by atoms with van der Waals surface area (Å²) in [7, 11) is 0. The molecule has 1 aromatic heterocycles. The van der Waals surface area contributed by atoms with Gasteiger partial charge in [-0.1, -0.05) is 13.8 Å². The summed E-state index contributed by atoms with van der Waals surface area (Å²) in [6.07, 6.45) is 2.34. The number of aromatic amines is 2. The molecule has 0 aliphatic rings. The van der Waals surface area contributed by atoms with Crippen molar-refractivity contribution in [3.63, 3.8) is 0 Å². The largest absolute Gasteiger partial charge is 0.370 e. The Hall–Kier alpha value is -1.19. The van der Waals surface area contributed by atoms with Crippen molar-refractivity contribution in [2.45, 2.75) is 26.7 Å². The van der Waals surface area contributed by atoms with E-state index in [2.05, 4.69) is 29.4 Å². The second-order valence-electron chi connectivity index (χ2n) is 3.64. The molecule has 1 aromatic rings. The van der Waals surface area contributed by atoms with Crippen LogP contribution in [-0.4, -0.2) is 16.7 Å². The highest BCUT2D eigenvalue weighted by molar-refractivity contribution is 5.31. The van der Waals surface area contributed by atoms with Crippen molar-refractivity contribution in [3.8, 4) is 0 Å². The van der Waals surface area contributed by atoms with Gasteiger partial charge in [0.15, 0.2) is 0 Å². The number of aromatic nitrogens is 2. The summed E-state index contributed by atoms with van der Waals surface area (Å²) in [5, 5.41) is 8.35. The van der Waals surface area contributed by atoms with E-state index in [4.69, 9.17) is 0 Å². The average Bonchev–Trinajstić information content (AvgIpc) is 2.45. The van der Waals surface area contributed by atoms with Gasteiger partial charge in [-0.3, -0.25) is 15.0 Å². The fourth-order valence-electron chi connectivity index (χ4n) is 1.16. The van der Waals surface area contributed by atoms with E-state index >= 15 is 0 Å². The number of H-pyrrole nitrogens is 2. The Kier molecular flexibility index (Phi) is 3.61. The van der Waals surface area contributed by atoms with Crippen LogP contribution in [0.5, 0.6) is 0 Å². The maximum atomic E-state index is 10.7. The second kappa shape index (κ2) is 4.74. The predicted molar refractivity (Wildman–Crippen MR) is 54.0 cm³/mol. The fourth-order valence-corrected chi connectivity index (χ4v) is 1.16. The minimum Gasteiger partial charge on any atom is -0.370 e. The SMILES string of the molecule is CC(C)CCCNc1cc(=O)[nH][nH]1. The maximum absolute atomic E-state index is 10.7. The van der Waals surface area contributed by atoms with Crippen molar-refractivity contribution in [2.75, 3.05) is 11.9 Å². The third kappa shape index (κ3) is 3.83. The molecule has 3 N–H and O–H groups in total. The Labute approximate surface area is 77.7 Å². The molecule has 0 aliphatic heterocycles. The molecule has 13 heavy (non-hydrogen) atoms. The Morgan fingerprint density at radius 2 is 2.23 bits per heavy atom. The molecular weight excluding hydrogens is 166 g/mol. The normalized spacial score (nSPS) is 10.7. The molecule has 0 amide bonds. The van der Waals surface area contributed by atoms with Gasteiger partial charge in [0.1, 0.15) is 5.82 Å². The van der Waals surface area contributed by atoms with E-state index in [1.54, 1.807) is 0 Å². The van der Waals surface area contributed by atoms with Gasteiger partial charge in [-0.25, -0.2) is 0 Å². The first-order valence-electron chi connectivity index (χ1n) is 4.70. The monoisotopic (exact) mass is 183 g/mol. The number of rotatable bonds is 5. The van der Waals surface area contributed by atoms with Crippen LogP contribution in [0.3, 0.4) is 0 Å². The summed E-state index contributed by atoms with van der Waals surface area (Å²) in [5.41, 5.74) is -0.0913. The number of anilines is 1. The van der Waals surface area contributed by atoms with Crippen LogP contribution in [0.25, 0.3) is 0 Å². The molecule has 0 saturated heterocycles. The fraction of sp³-hybridized carbons (Fsp3) is 0.667. The van der Waals surface area contributed by atoms with E-state index in [1.165, 1.54) is 12.5 Å². The Morgan fingerprint density at radius 3 is 2.77 bits per heavy atom. The zero-order valence-electron chi connectivity index (χ0n) is 8.18. The van der Waals surface area contributed by atoms with Crippen molar-refractivity contribution in [3.05, 3.63) is 16.4 Å². The number of nitrogens with one attached hydrogen (secondary N) is 3. The highest BCUT2D eigenvalue weighted by Crippen LogP contribution is 2.03. The second-order valence-corrected chi connectivity index (χ2v) is 3.64. The zero-order valence-corrected chi connectivity index (χ0v) is 8.18. The van der Waals surface area contributed by atoms with Crippen LogP contribution in [0.4, 0.5) is 5.82 Å². The van der Waals surface area contributed by atoms with Crippen LogP contribution in [0.2, 0.25) is 0 Å². The van der Waals surface area contributed by atoms with E-state index in [1.807, 2.05) is 0 Å². The third-order valence-electron chi connectivity index (χ3n) is 1.87. The Balaban J connectivity index is 2.17. The van der Waals surface area contributed by atoms with E-state index < -0.39 is 0 Å². The predicted octanol–water partition coefficient (Wildman–Crippen LogP) is 1.55. The smallest absolute Gasteiger partial charge is 0.266 e. The zero-order chi connectivity index (χ0) is 9.68. The molecule has 74 valence electrons. The topological polar surface area (TPSA) is 60.7 Å². The lowest BCUT2D eigenvalue weighted by atomic mass is 10.1. The first-order valence-corrected chi connectivity index (χ1v) is 4.70. The lowest BCUT2D eigenvalue weighted by Crippen LogP contribution is -2.03. The molecule has 0 saturated carbocycles. The van der Waals surface area contributed by atoms with Crippen molar-refractivity contribution in [1.29, 1.82) is 0 Å². The molecule has 1 rings (SSSR count). The molecule has 0 fully saturated rings. The van der Waals surface area contributed by atoms with Crippen LogP contribution in [-0.2, 0) is 0 Å². The van der Waals surface area contributed by atoms with Gasteiger partial charge in [0.2, 0.25) is 0 Å². The lowest BCUT2D eigenvalue weighted by Gasteiger charge is -2.05. The summed E-state index contributed by atoms with van der Waals surface area (Å²) in [4.78, 5) is 10.7. The average molecular weight is 183 g/mol. The van der Waals surface area contributed by atoms with Crippen molar-refractivity contribution in [2.24, 2.45) is 5.92 Å². The first kappa shape index (κ1) is 9.89. The Bertz CT molecular complexity index is 287. The molecule has 4 heteroatoms. The van der Waals surface area contributed by atoms with Crippen LogP contribution >= 0.6 is 0 Å². The molecule has 4 nitrogen and oxygen atoms in total. The van der Waals surface area contributed by atoms with Gasteiger partial charge in [0.25, 0.3) is 5.56 Å². The van der Waals surface area contributed by atoms with E-state index in [-0.39, 0.29) is 5.56 Å². The maximum Gasteiger partial charge on any atom is 0.266 e. The summed E-state index contributed by atoms with van der Waals surface area (Å²) >= 11 is 0. The molecule has 0 bridgehead atoms. The molecule has 1 heterocycles. The van der Waals surface area contributed by atoms with E-state index in [9.17, 15) is 4.79 Å². The van der Waals surface area contributed by atoms with Crippen LogP contribution in [0.1, 0.15) is 26.7 Å². The highest BCUT2D eigenvalue weighted by Gasteiger charge is 1.96.